The van der Waals surface area contributed by atoms with E-state index in [1.807, 2.05) is 27.7 Å². The molecule has 122 valence electrons. The first-order chi connectivity index (χ1) is 9.76. The maximum atomic E-state index is 11.9. The quantitative estimate of drug-likeness (QED) is 0.702. The van der Waals surface area contributed by atoms with Gasteiger partial charge in [-0.3, -0.25) is 4.79 Å². The van der Waals surface area contributed by atoms with Crippen LogP contribution in [-0.2, 0) is 14.3 Å². The van der Waals surface area contributed by atoms with Gasteiger partial charge in [-0.05, 0) is 46.0 Å². The van der Waals surface area contributed by atoms with Crippen molar-refractivity contribution in [3.63, 3.8) is 0 Å². The van der Waals surface area contributed by atoms with Crippen molar-refractivity contribution in [2.45, 2.75) is 64.6 Å². The van der Waals surface area contributed by atoms with E-state index in [1.165, 1.54) is 7.11 Å². The standard InChI is InChI=1S/C15H28N2O4/c1-6-11(13(18)20-5)16-9-12(10-7-8-10)17-14(19)21-15(2,3)4/h10-12,16H,6-9H2,1-5H3,(H,17,19). The Labute approximate surface area is 126 Å². The van der Waals surface area contributed by atoms with Crippen LogP contribution >= 0.6 is 0 Å². The second kappa shape index (κ2) is 7.64. The van der Waals surface area contributed by atoms with Gasteiger partial charge in [0.1, 0.15) is 11.6 Å². The Bertz CT molecular complexity index is 361. The van der Waals surface area contributed by atoms with E-state index in [1.54, 1.807) is 0 Å². The van der Waals surface area contributed by atoms with Gasteiger partial charge < -0.3 is 20.1 Å². The molecular formula is C15H28N2O4. The average Bonchev–Trinajstić information content (AvgIpc) is 3.19. The summed E-state index contributed by atoms with van der Waals surface area (Å²) in [6.45, 7) is 7.96. The normalized spacial score (nSPS) is 17.8. The second-order valence-corrected chi connectivity index (χ2v) is 6.48. The van der Waals surface area contributed by atoms with Gasteiger partial charge in [0.15, 0.2) is 0 Å². The molecule has 0 heterocycles. The number of amides is 1. The highest BCUT2D eigenvalue weighted by Gasteiger charge is 2.34. The Morgan fingerprint density at radius 3 is 2.33 bits per heavy atom. The van der Waals surface area contributed by atoms with Crippen molar-refractivity contribution < 1.29 is 19.1 Å². The van der Waals surface area contributed by atoms with Crippen LogP contribution in [0.25, 0.3) is 0 Å². The Kier molecular flexibility index (Phi) is 6.45. The lowest BCUT2D eigenvalue weighted by atomic mass is 10.1. The molecule has 1 aliphatic carbocycles. The van der Waals surface area contributed by atoms with Gasteiger partial charge in [-0.25, -0.2) is 4.79 Å². The summed E-state index contributed by atoms with van der Waals surface area (Å²) in [5.74, 6) is 0.185. The third-order valence-corrected chi connectivity index (χ3v) is 3.37. The van der Waals surface area contributed by atoms with E-state index < -0.39 is 11.7 Å². The van der Waals surface area contributed by atoms with E-state index in [0.717, 1.165) is 12.8 Å². The average molecular weight is 300 g/mol. The van der Waals surface area contributed by atoms with Crippen molar-refractivity contribution in [2.75, 3.05) is 13.7 Å². The summed E-state index contributed by atoms with van der Waals surface area (Å²) in [7, 11) is 1.38. The summed E-state index contributed by atoms with van der Waals surface area (Å²) in [5, 5.41) is 6.06. The van der Waals surface area contributed by atoms with E-state index in [9.17, 15) is 9.59 Å². The summed E-state index contributed by atoms with van der Waals surface area (Å²) in [5.41, 5.74) is -0.510. The number of carbonyl (C=O) groups excluding carboxylic acids is 2. The van der Waals surface area contributed by atoms with Gasteiger partial charge in [-0.1, -0.05) is 6.92 Å². The molecule has 1 aliphatic rings. The molecule has 1 rings (SSSR count). The number of alkyl carbamates (subject to hydrolysis) is 1. The number of nitrogens with one attached hydrogen (secondary N) is 2. The fourth-order valence-electron chi connectivity index (χ4n) is 2.10. The molecule has 21 heavy (non-hydrogen) atoms. The molecule has 0 spiro atoms. The number of carbonyl (C=O) groups is 2. The monoisotopic (exact) mass is 300 g/mol. The molecule has 2 unspecified atom stereocenters. The lowest BCUT2D eigenvalue weighted by molar-refractivity contribution is -0.143. The smallest absolute Gasteiger partial charge is 0.407 e. The molecule has 1 saturated carbocycles. The number of ether oxygens (including phenoxy) is 2. The fourth-order valence-corrected chi connectivity index (χ4v) is 2.10. The Morgan fingerprint density at radius 1 is 1.29 bits per heavy atom. The summed E-state index contributed by atoms with van der Waals surface area (Å²) >= 11 is 0. The van der Waals surface area contributed by atoms with Crippen LogP contribution in [-0.4, -0.2) is 43.4 Å². The minimum atomic E-state index is -0.510. The van der Waals surface area contributed by atoms with Crippen LogP contribution in [0.3, 0.4) is 0 Å². The first-order valence-electron chi connectivity index (χ1n) is 7.57. The molecule has 6 nitrogen and oxygen atoms in total. The summed E-state index contributed by atoms with van der Waals surface area (Å²) < 4.78 is 10.0. The number of hydrogen-bond donors (Lipinski definition) is 2. The molecule has 0 aromatic rings. The minimum absolute atomic E-state index is 0.0152. The summed E-state index contributed by atoms with van der Waals surface area (Å²) in [4.78, 5) is 23.4. The first-order valence-corrected chi connectivity index (χ1v) is 7.57. The van der Waals surface area contributed by atoms with Crippen LogP contribution in [0.15, 0.2) is 0 Å². The number of hydrogen-bond acceptors (Lipinski definition) is 5. The van der Waals surface area contributed by atoms with Gasteiger partial charge in [-0.15, -0.1) is 0 Å². The van der Waals surface area contributed by atoms with Crippen LogP contribution in [0, 0.1) is 5.92 Å². The van der Waals surface area contributed by atoms with Crippen molar-refractivity contribution in [3.8, 4) is 0 Å². The van der Waals surface area contributed by atoms with Gasteiger partial charge in [0.05, 0.1) is 7.11 Å². The van der Waals surface area contributed by atoms with E-state index in [0.29, 0.717) is 18.9 Å². The maximum Gasteiger partial charge on any atom is 0.407 e. The molecule has 1 amide bonds. The fraction of sp³-hybridized carbons (Fsp3) is 0.867. The predicted octanol–water partition coefficient (Wildman–Crippen LogP) is 1.83. The zero-order valence-corrected chi connectivity index (χ0v) is 13.7. The van der Waals surface area contributed by atoms with Gasteiger partial charge >= 0.3 is 12.1 Å². The van der Waals surface area contributed by atoms with Gasteiger partial charge in [0, 0.05) is 12.6 Å². The van der Waals surface area contributed by atoms with Crippen molar-refractivity contribution in [2.24, 2.45) is 5.92 Å². The number of rotatable bonds is 7. The molecule has 6 heteroatoms. The molecule has 2 atom stereocenters. The predicted molar refractivity (Wildman–Crippen MR) is 80.0 cm³/mol. The lowest BCUT2D eigenvalue weighted by Crippen LogP contribution is -2.49. The van der Waals surface area contributed by atoms with Crippen LogP contribution in [0.1, 0.15) is 47.0 Å². The molecule has 1 fully saturated rings. The van der Waals surface area contributed by atoms with Gasteiger partial charge in [0.2, 0.25) is 0 Å². The Morgan fingerprint density at radius 2 is 1.90 bits per heavy atom. The topological polar surface area (TPSA) is 76.7 Å². The SMILES string of the molecule is CCC(NCC(NC(=O)OC(C)(C)C)C1CC1)C(=O)OC. The zero-order valence-electron chi connectivity index (χ0n) is 13.7. The van der Waals surface area contributed by atoms with Crippen molar-refractivity contribution in [1.82, 2.24) is 10.6 Å². The van der Waals surface area contributed by atoms with Crippen LogP contribution in [0.4, 0.5) is 4.79 Å². The largest absolute Gasteiger partial charge is 0.468 e. The van der Waals surface area contributed by atoms with Crippen molar-refractivity contribution in [3.05, 3.63) is 0 Å². The Balaban J connectivity index is 2.47. The van der Waals surface area contributed by atoms with Gasteiger partial charge in [0.25, 0.3) is 0 Å². The van der Waals surface area contributed by atoms with E-state index in [4.69, 9.17) is 9.47 Å². The summed E-state index contributed by atoms with van der Waals surface area (Å²) in [6.07, 6.45) is 2.43. The molecule has 0 saturated heterocycles. The third-order valence-electron chi connectivity index (χ3n) is 3.37. The molecule has 2 N–H and O–H groups in total. The second-order valence-electron chi connectivity index (χ2n) is 6.48. The zero-order chi connectivity index (χ0) is 16.0. The molecule has 0 radical (unpaired) electrons. The van der Waals surface area contributed by atoms with E-state index >= 15 is 0 Å². The van der Waals surface area contributed by atoms with E-state index in [2.05, 4.69) is 10.6 Å². The number of esters is 1. The molecule has 0 bridgehead atoms. The molecule has 0 aromatic heterocycles. The van der Waals surface area contributed by atoms with Gasteiger partial charge in [-0.2, -0.15) is 0 Å². The Hall–Kier alpha value is -1.30. The van der Waals surface area contributed by atoms with Crippen molar-refractivity contribution >= 4 is 12.1 Å². The lowest BCUT2D eigenvalue weighted by Gasteiger charge is -2.25. The van der Waals surface area contributed by atoms with Crippen LogP contribution in [0.2, 0.25) is 0 Å². The van der Waals surface area contributed by atoms with E-state index in [-0.39, 0.29) is 18.1 Å². The first kappa shape index (κ1) is 17.8. The molecular weight excluding hydrogens is 272 g/mol. The molecule has 0 aliphatic heterocycles. The highest BCUT2D eigenvalue weighted by Crippen LogP contribution is 2.32. The van der Waals surface area contributed by atoms with Crippen LogP contribution < -0.4 is 10.6 Å². The van der Waals surface area contributed by atoms with Crippen LogP contribution in [0.5, 0.6) is 0 Å². The third kappa shape index (κ3) is 6.80. The maximum absolute atomic E-state index is 11.9. The highest BCUT2D eigenvalue weighted by atomic mass is 16.6. The molecule has 0 aromatic carbocycles. The van der Waals surface area contributed by atoms with Crippen molar-refractivity contribution in [1.29, 1.82) is 0 Å². The number of methoxy groups -OCH3 is 1. The highest BCUT2D eigenvalue weighted by molar-refractivity contribution is 5.75. The minimum Gasteiger partial charge on any atom is -0.468 e. The summed E-state index contributed by atoms with van der Waals surface area (Å²) in [6, 6.07) is -0.352.